The van der Waals surface area contributed by atoms with Gasteiger partial charge < -0.3 is 25.5 Å². The van der Waals surface area contributed by atoms with Crippen molar-refractivity contribution in [3.63, 3.8) is 0 Å². The lowest BCUT2D eigenvalue weighted by atomic mass is 9.94. The molecule has 0 aliphatic rings. The molecule has 0 saturated heterocycles. The monoisotopic (exact) mass is 427 g/mol. The number of nitrogens with zero attached hydrogens (tertiary/aromatic N) is 5. The van der Waals surface area contributed by atoms with E-state index in [1.54, 1.807) is 0 Å². The van der Waals surface area contributed by atoms with Gasteiger partial charge in [-0.05, 0) is 59.1 Å². The lowest BCUT2D eigenvalue weighted by Gasteiger charge is -2.32. The van der Waals surface area contributed by atoms with Gasteiger partial charge in [0.2, 0.25) is 0 Å². The fourth-order valence-corrected chi connectivity index (χ4v) is 2.94. The topological polar surface area (TPSA) is 153 Å². The Labute approximate surface area is 176 Å². The third kappa shape index (κ3) is 7.50. The molecule has 0 aliphatic heterocycles. The highest BCUT2D eigenvalue weighted by Crippen LogP contribution is 2.18. The predicted molar refractivity (Wildman–Crippen MR) is 113 cm³/mol. The number of ether oxygens (including phenoxy) is 1. The maximum Gasteiger partial charge on any atom is 0.434 e. The summed E-state index contributed by atoms with van der Waals surface area (Å²) in [5.41, 5.74) is -1.20. The van der Waals surface area contributed by atoms with Gasteiger partial charge in [-0.2, -0.15) is 9.81 Å². The zero-order valence-electron chi connectivity index (χ0n) is 18.3. The standard InChI is InChI=1S/C18H33N7O5/c1-6-30-13-15(23-27)18(4,5)21-9-7-8-20-17(2,3)14(22-26)12-24-11-10-19-16(24)25(28)29/h10-11,14-15,20-21H,6-9,12-13H2,1-5H3. The molecular formula is C18H33N7O5. The molecule has 30 heavy (non-hydrogen) atoms. The van der Waals surface area contributed by atoms with E-state index in [9.17, 15) is 19.9 Å². The molecule has 1 aromatic heterocycles. The Kier molecular flexibility index (Phi) is 10.1. The molecule has 2 atom stereocenters. The van der Waals surface area contributed by atoms with Crippen LogP contribution in [-0.2, 0) is 11.3 Å². The summed E-state index contributed by atoms with van der Waals surface area (Å²) in [6, 6.07) is -1.24. The quantitative estimate of drug-likeness (QED) is 0.176. The maximum atomic E-state index is 11.4. The number of hydrogen-bond acceptors (Lipinski definition) is 10. The van der Waals surface area contributed by atoms with Gasteiger partial charge in [0.15, 0.2) is 0 Å². The van der Waals surface area contributed by atoms with Crippen molar-refractivity contribution in [3.8, 4) is 0 Å². The van der Waals surface area contributed by atoms with Crippen molar-refractivity contribution in [3.05, 3.63) is 32.3 Å². The first kappa shape index (κ1) is 25.7. The van der Waals surface area contributed by atoms with Gasteiger partial charge in [-0.25, -0.2) is 4.57 Å². The van der Waals surface area contributed by atoms with Crippen molar-refractivity contribution < 1.29 is 9.66 Å². The van der Waals surface area contributed by atoms with Gasteiger partial charge in [0.25, 0.3) is 0 Å². The van der Waals surface area contributed by atoms with Crippen molar-refractivity contribution in [2.75, 3.05) is 26.3 Å². The first-order valence-corrected chi connectivity index (χ1v) is 9.97. The van der Waals surface area contributed by atoms with E-state index in [0.29, 0.717) is 19.7 Å². The van der Waals surface area contributed by atoms with E-state index in [1.165, 1.54) is 17.0 Å². The molecule has 1 rings (SSSR count). The van der Waals surface area contributed by atoms with Crippen LogP contribution >= 0.6 is 0 Å². The van der Waals surface area contributed by atoms with Crippen molar-refractivity contribution in [2.24, 2.45) is 10.4 Å². The molecule has 0 aromatic carbocycles. The Morgan fingerprint density at radius 2 is 1.73 bits per heavy atom. The zero-order valence-corrected chi connectivity index (χ0v) is 18.3. The second-order valence-corrected chi connectivity index (χ2v) is 8.19. The predicted octanol–water partition coefficient (Wildman–Crippen LogP) is 2.22. The molecule has 12 nitrogen and oxygen atoms in total. The van der Waals surface area contributed by atoms with Gasteiger partial charge in [0.05, 0.1) is 13.2 Å². The number of nitroso groups, excluding NO2 is 2. The summed E-state index contributed by atoms with van der Waals surface area (Å²) in [5.74, 6) is -0.323. The molecule has 0 amide bonds. The minimum Gasteiger partial charge on any atom is -0.390 e. The molecular weight excluding hydrogens is 394 g/mol. The van der Waals surface area contributed by atoms with Crippen LogP contribution in [0.1, 0.15) is 41.0 Å². The van der Waals surface area contributed by atoms with Crippen LogP contribution in [0, 0.1) is 19.9 Å². The Hall–Kier alpha value is -2.31. The van der Waals surface area contributed by atoms with E-state index >= 15 is 0 Å². The fourth-order valence-electron chi connectivity index (χ4n) is 2.94. The Balaban J connectivity index is 2.53. The van der Waals surface area contributed by atoms with Crippen molar-refractivity contribution >= 4 is 5.95 Å². The Morgan fingerprint density at radius 3 is 2.23 bits per heavy atom. The maximum absolute atomic E-state index is 11.4. The lowest BCUT2D eigenvalue weighted by molar-refractivity contribution is -0.396. The average molecular weight is 428 g/mol. The Bertz CT molecular complexity index is 692. The highest BCUT2D eigenvalue weighted by molar-refractivity contribution is 5.08. The van der Waals surface area contributed by atoms with Gasteiger partial charge >= 0.3 is 5.95 Å². The largest absolute Gasteiger partial charge is 0.434 e. The summed E-state index contributed by atoms with van der Waals surface area (Å²) >= 11 is 0. The fraction of sp³-hybridized carbons (Fsp3) is 0.833. The second kappa shape index (κ2) is 11.8. The van der Waals surface area contributed by atoms with E-state index in [2.05, 4.69) is 26.0 Å². The van der Waals surface area contributed by atoms with Crippen molar-refractivity contribution in [1.29, 1.82) is 0 Å². The number of imidazole rings is 1. The first-order chi connectivity index (χ1) is 14.1. The molecule has 1 heterocycles. The lowest BCUT2D eigenvalue weighted by Crippen LogP contribution is -2.52. The van der Waals surface area contributed by atoms with Gasteiger partial charge in [0.1, 0.15) is 24.5 Å². The van der Waals surface area contributed by atoms with Crippen LogP contribution in [0.5, 0.6) is 0 Å². The smallest absolute Gasteiger partial charge is 0.390 e. The molecule has 0 bridgehead atoms. The summed E-state index contributed by atoms with van der Waals surface area (Å²) in [6.45, 7) is 11.4. The first-order valence-electron chi connectivity index (χ1n) is 9.97. The minimum absolute atomic E-state index is 0.0508. The van der Waals surface area contributed by atoms with E-state index in [-0.39, 0.29) is 19.1 Å². The summed E-state index contributed by atoms with van der Waals surface area (Å²) in [7, 11) is 0. The molecule has 2 N–H and O–H groups in total. The number of nitro groups is 1. The third-order valence-electron chi connectivity index (χ3n) is 5.14. The number of hydrogen-bond donors (Lipinski definition) is 2. The van der Waals surface area contributed by atoms with Crippen molar-refractivity contribution in [1.82, 2.24) is 20.2 Å². The second-order valence-electron chi connectivity index (χ2n) is 8.19. The number of aromatic nitrogens is 2. The van der Waals surface area contributed by atoms with Gasteiger partial charge in [0, 0.05) is 17.7 Å². The van der Waals surface area contributed by atoms with E-state index in [4.69, 9.17) is 4.74 Å². The molecule has 12 heteroatoms. The van der Waals surface area contributed by atoms with Gasteiger partial charge in [-0.15, -0.1) is 0 Å². The van der Waals surface area contributed by atoms with Gasteiger partial charge in [-0.1, -0.05) is 15.3 Å². The van der Waals surface area contributed by atoms with Crippen LogP contribution in [0.4, 0.5) is 5.95 Å². The molecule has 0 radical (unpaired) electrons. The molecule has 0 fully saturated rings. The highest BCUT2D eigenvalue weighted by Gasteiger charge is 2.33. The van der Waals surface area contributed by atoms with E-state index < -0.39 is 28.1 Å². The summed E-state index contributed by atoms with van der Waals surface area (Å²) < 4.78 is 6.63. The molecule has 0 spiro atoms. The summed E-state index contributed by atoms with van der Waals surface area (Å²) in [6.07, 6.45) is 3.50. The van der Waals surface area contributed by atoms with Crippen LogP contribution in [0.15, 0.2) is 22.7 Å². The Morgan fingerprint density at radius 1 is 1.17 bits per heavy atom. The van der Waals surface area contributed by atoms with Crippen LogP contribution in [0.25, 0.3) is 0 Å². The average Bonchev–Trinajstić information content (AvgIpc) is 3.14. The van der Waals surface area contributed by atoms with Crippen LogP contribution < -0.4 is 10.6 Å². The number of rotatable bonds is 16. The van der Waals surface area contributed by atoms with Gasteiger partial charge in [-0.3, -0.25) is 0 Å². The normalized spacial score (nSPS) is 14.3. The molecule has 0 aliphatic carbocycles. The van der Waals surface area contributed by atoms with E-state index in [1.807, 2.05) is 34.6 Å². The third-order valence-corrected chi connectivity index (χ3v) is 5.14. The van der Waals surface area contributed by atoms with Crippen LogP contribution in [0.2, 0.25) is 0 Å². The highest BCUT2D eigenvalue weighted by atomic mass is 16.6. The summed E-state index contributed by atoms with van der Waals surface area (Å²) in [4.78, 5) is 36.6. The minimum atomic E-state index is -0.732. The summed E-state index contributed by atoms with van der Waals surface area (Å²) in [5, 5.41) is 24.0. The van der Waals surface area contributed by atoms with E-state index in [0.717, 1.165) is 6.42 Å². The number of nitrogens with one attached hydrogen (secondary N) is 2. The zero-order chi connectivity index (χ0) is 22.8. The SMILES string of the molecule is CCOCC(N=O)C(C)(C)NCCCNC(C)(C)C(Cn1ccnc1[N+](=O)[O-])N=O. The van der Waals surface area contributed by atoms with Crippen LogP contribution in [-0.4, -0.2) is 63.9 Å². The van der Waals surface area contributed by atoms with Crippen LogP contribution in [0.3, 0.4) is 0 Å². The molecule has 2 unspecified atom stereocenters. The molecule has 1 aromatic rings. The van der Waals surface area contributed by atoms with Crippen molar-refractivity contribution in [2.45, 2.75) is 70.7 Å². The molecule has 170 valence electrons. The molecule has 0 saturated carbocycles.